The molecule has 0 radical (unpaired) electrons. The maximum Gasteiger partial charge on any atom is 0.277 e. The number of aromatic amines is 1. The van der Waals surface area contributed by atoms with Crippen LogP contribution in [0.2, 0.25) is 0 Å². The second-order valence-electron chi connectivity index (χ2n) is 9.38. The second kappa shape index (κ2) is 6.63. The summed E-state index contributed by atoms with van der Waals surface area (Å²) < 4.78 is 12.6. The number of H-pyrrole nitrogens is 1. The van der Waals surface area contributed by atoms with Gasteiger partial charge in [-0.05, 0) is 41.7 Å². The standard InChI is InChI=1S/C25H23N3O4/c1-25(2)11-16-21(17(29)12-25)20(14-8-9-18-19(10-14)32-13-31-18)22-23(26-16)27-28(24(22)30)15-6-4-3-5-7-15/h3-10,20,26-27H,11-13H2,1-2H3/t20-/m0/s1. The number of anilines is 1. The molecule has 2 aromatic carbocycles. The van der Waals surface area contributed by atoms with Gasteiger partial charge in [-0.2, -0.15) is 0 Å². The highest BCUT2D eigenvalue weighted by Gasteiger charge is 2.43. The van der Waals surface area contributed by atoms with Crippen molar-refractivity contribution in [2.75, 3.05) is 12.1 Å². The van der Waals surface area contributed by atoms with Gasteiger partial charge < -0.3 is 14.8 Å². The van der Waals surface area contributed by atoms with Crippen molar-refractivity contribution in [2.24, 2.45) is 5.41 Å². The number of para-hydroxylation sites is 1. The molecule has 2 N–H and O–H groups in total. The zero-order valence-electron chi connectivity index (χ0n) is 17.9. The van der Waals surface area contributed by atoms with Crippen LogP contribution < -0.4 is 20.3 Å². The van der Waals surface area contributed by atoms with Crippen LogP contribution in [-0.4, -0.2) is 22.4 Å². The van der Waals surface area contributed by atoms with Crippen LogP contribution in [0.15, 0.2) is 64.6 Å². The summed E-state index contributed by atoms with van der Waals surface area (Å²) in [5, 5.41) is 6.63. The van der Waals surface area contributed by atoms with Gasteiger partial charge in [0.15, 0.2) is 17.3 Å². The van der Waals surface area contributed by atoms with Gasteiger partial charge in [-0.25, -0.2) is 4.68 Å². The highest BCUT2D eigenvalue weighted by molar-refractivity contribution is 6.01. The molecule has 3 heterocycles. The maximum absolute atomic E-state index is 13.6. The van der Waals surface area contributed by atoms with Crippen LogP contribution in [0, 0.1) is 5.41 Å². The number of nitrogens with one attached hydrogen (secondary N) is 2. The van der Waals surface area contributed by atoms with Crippen LogP contribution in [0.4, 0.5) is 5.82 Å². The van der Waals surface area contributed by atoms with E-state index < -0.39 is 5.92 Å². The Morgan fingerprint density at radius 2 is 1.78 bits per heavy atom. The molecule has 2 aliphatic heterocycles. The van der Waals surface area contributed by atoms with E-state index in [9.17, 15) is 9.59 Å². The minimum atomic E-state index is -0.479. The van der Waals surface area contributed by atoms with Gasteiger partial charge in [-0.1, -0.05) is 38.1 Å². The van der Waals surface area contributed by atoms with Crippen LogP contribution >= 0.6 is 0 Å². The number of hydrogen-bond acceptors (Lipinski definition) is 5. The number of aromatic nitrogens is 2. The fourth-order valence-electron chi connectivity index (χ4n) is 5.07. The Hall–Kier alpha value is -3.74. The lowest BCUT2D eigenvalue weighted by Gasteiger charge is -2.37. The summed E-state index contributed by atoms with van der Waals surface area (Å²) in [7, 11) is 0. The van der Waals surface area contributed by atoms with Crippen molar-refractivity contribution < 1.29 is 14.3 Å². The number of carbonyl (C=O) groups excluding carboxylic acids is 1. The predicted octanol–water partition coefficient (Wildman–Crippen LogP) is 4.09. The third-order valence-corrected chi connectivity index (χ3v) is 6.44. The van der Waals surface area contributed by atoms with E-state index >= 15 is 0 Å². The Morgan fingerprint density at radius 3 is 2.59 bits per heavy atom. The van der Waals surface area contributed by atoms with E-state index in [1.807, 2.05) is 48.5 Å². The van der Waals surface area contributed by atoms with Crippen LogP contribution in [0.1, 0.15) is 43.7 Å². The van der Waals surface area contributed by atoms with Gasteiger partial charge in [-0.3, -0.25) is 14.7 Å². The minimum absolute atomic E-state index is 0.0731. The molecule has 3 aliphatic rings. The van der Waals surface area contributed by atoms with Gasteiger partial charge in [0.2, 0.25) is 6.79 Å². The molecule has 7 heteroatoms. The molecule has 162 valence electrons. The Balaban J connectivity index is 1.58. The molecule has 1 aliphatic carbocycles. The number of ether oxygens (including phenoxy) is 2. The first kappa shape index (κ1) is 19.0. The number of fused-ring (bicyclic) bond motifs is 2. The van der Waals surface area contributed by atoms with Crippen LogP contribution in [-0.2, 0) is 4.79 Å². The summed E-state index contributed by atoms with van der Waals surface area (Å²) in [6.07, 6.45) is 1.17. The van der Waals surface area contributed by atoms with Crippen molar-refractivity contribution in [3.05, 3.63) is 81.3 Å². The Kier molecular flexibility index (Phi) is 3.93. The largest absolute Gasteiger partial charge is 0.454 e. The van der Waals surface area contributed by atoms with Gasteiger partial charge in [0, 0.05) is 23.6 Å². The average molecular weight is 429 g/mol. The summed E-state index contributed by atoms with van der Waals surface area (Å²) in [5.41, 5.74) is 3.35. The SMILES string of the molecule is CC1(C)CC(=O)C2=C(C1)Nc1[nH]n(-c3ccccc3)c(=O)c1[C@H]2c1ccc2c(c1)OCO2. The van der Waals surface area contributed by atoms with Gasteiger partial charge in [0.1, 0.15) is 5.82 Å². The van der Waals surface area contributed by atoms with Gasteiger partial charge in [-0.15, -0.1) is 0 Å². The maximum atomic E-state index is 13.6. The fourth-order valence-corrected chi connectivity index (χ4v) is 5.07. The van der Waals surface area contributed by atoms with Gasteiger partial charge >= 0.3 is 0 Å². The quantitative estimate of drug-likeness (QED) is 0.641. The van der Waals surface area contributed by atoms with Crippen molar-refractivity contribution in [2.45, 2.75) is 32.6 Å². The number of rotatable bonds is 2. The number of nitrogens with zero attached hydrogens (tertiary/aromatic N) is 1. The third-order valence-electron chi connectivity index (χ3n) is 6.44. The first-order valence-electron chi connectivity index (χ1n) is 10.7. The summed E-state index contributed by atoms with van der Waals surface area (Å²) in [5.74, 6) is 1.53. The molecule has 6 rings (SSSR count). The average Bonchev–Trinajstić information content (AvgIpc) is 3.36. The van der Waals surface area contributed by atoms with Crippen LogP contribution in [0.3, 0.4) is 0 Å². The highest BCUT2D eigenvalue weighted by Crippen LogP contribution is 2.49. The lowest BCUT2D eigenvalue weighted by molar-refractivity contribution is -0.118. The zero-order chi connectivity index (χ0) is 22.0. The zero-order valence-corrected chi connectivity index (χ0v) is 17.9. The molecule has 1 aromatic heterocycles. The van der Waals surface area contributed by atoms with Crippen LogP contribution in [0.25, 0.3) is 5.69 Å². The molecule has 3 aromatic rings. The monoisotopic (exact) mass is 429 g/mol. The number of benzene rings is 2. The number of hydrogen-bond donors (Lipinski definition) is 2. The molecule has 0 fully saturated rings. The number of allylic oxidation sites excluding steroid dienone is 2. The second-order valence-corrected chi connectivity index (χ2v) is 9.38. The molecule has 0 saturated heterocycles. The lowest BCUT2D eigenvalue weighted by atomic mass is 9.69. The first-order chi connectivity index (χ1) is 15.4. The van der Waals surface area contributed by atoms with Crippen molar-refractivity contribution in [1.82, 2.24) is 9.78 Å². The van der Waals surface area contributed by atoms with Crippen molar-refractivity contribution in [1.29, 1.82) is 0 Å². The Labute approximate surface area is 184 Å². The van der Waals surface area contributed by atoms with E-state index in [0.29, 0.717) is 34.9 Å². The van der Waals surface area contributed by atoms with E-state index in [-0.39, 0.29) is 23.6 Å². The van der Waals surface area contributed by atoms with E-state index in [1.165, 1.54) is 4.68 Å². The molecule has 1 atom stereocenters. The first-order valence-corrected chi connectivity index (χ1v) is 10.7. The highest BCUT2D eigenvalue weighted by atomic mass is 16.7. The molecular formula is C25H23N3O4. The number of carbonyl (C=O) groups is 1. The molecular weight excluding hydrogens is 406 g/mol. The number of ketones is 1. The molecule has 7 nitrogen and oxygen atoms in total. The Morgan fingerprint density at radius 1 is 1.00 bits per heavy atom. The summed E-state index contributed by atoms with van der Waals surface area (Å²) in [6.45, 7) is 4.36. The molecule has 0 bridgehead atoms. The minimum Gasteiger partial charge on any atom is -0.454 e. The summed E-state index contributed by atoms with van der Waals surface area (Å²) >= 11 is 0. The molecule has 0 amide bonds. The summed E-state index contributed by atoms with van der Waals surface area (Å²) in [6, 6.07) is 15.1. The molecule has 32 heavy (non-hydrogen) atoms. The molecule has 0 saturated carbocycles. The smallest absolute Gasteiger partial charge is 0.277 e. The van der Waals surface area contributed by atoms with E-state index in [2.05, 4.69) is 24.3 Å². The van der Waals surface area contributed by atoms with Crippen molar-refractivity contribution >= 4 is 11.6 Å². The Bertz CT molecular complexity index is 1350. The molecule has 0 unspecified atom stereocenters. The molecule has 0 spiro atoms. The van der Waals surface area contributed by atoms with Gasteiger partial charge in [0.25, 0.3) is 5.56 Å². The third kappa shape index (κ3) is 2.81. The normalized spacial score (nSPS) is 20.6. The van der Waals surface area contributed by atoms with E-state index in [0.717, 1.165) is 23.4 Å². The van der Waals surface area contributed by atoms with Crippen molar-refractivity contribution in [3.63, 3.8) is 0 Å². The van der Waals surface area contributed by atoms with Gasteiger partial charge in [0.05, 0.1) is 11.3 Å². The van der Waals surface area contributed by atoms with Crippen molar-refractivity contribution in [3.8, 4) is 17.2 Å². The van der Waals surface area contributed by atoms with E-state index in [1.54, 1.807) is 0 Å². The predicted molar refractivity (Wildman–Crippen MR) is 119 cm³/mol. The van der Waals surface area contributed by atoms with Crippen LogP contribution in [0.5, 0.6) is 11.5 Å². The number of Topliss-reactive ketones (excluding diaryl/α,β-unsaturated/α-hetero) is 1. The fraction of sp³-hybridized carbons (Fsp3) is 0.280. The topological polar surface area (TPSA) is 85.4 Å². The summed E-state index contributed by atoms with van der Waals surface area (Å²) in [4.78, 5) is 27.0. The van der Waals surface area contributed by atoms with E-state index in [4.69, 9.17) is 9.47 Å². The lowest BCUT2D eigenvalue weighted by Crippen LogP contribution is -2.35.